The first-order chi connectivity index (χ1) is 13.0. The summed E-state index contributed by atoms with van der Waals surface area (Å²) in [4.78, 5) is 40.0. The standard InChI is InChI=1S/C20H29N5O2/c1-15-11-22-17(12-21-15)19(27)24-9-6-20(7-10-24)5-3-18(26)25(14-20)16-4-8-23(2)13-16/h11-12,16H,3-10,13-14H2,1-2H3/t16-/m0/s1. The van der Waals surface area contributed by atoms with E-state index in [9.17, 15) is 9.59 Å². The summed E-state index contributed by atoms with van der Waals surface area (Å²) < 4.78 is 0. The van der Waals surface area contributed by atoms with Gasteiger partial charge in [0.15, 0.2) is 0 Å². The molecule has 4 heterocycles. The summed E-state index contributed by atoms with van der Waals surface area (Å²) in [7, 11) is 2.13. The SMILES string of the molecule is Cc1cnc(C(=O)N2CCC3(CCC(=O)N([C@H]4CCN(C)C4)C3)CC2)cn1. The highest BCUT2D eigenvalue weighted by Gasteiger charge is 2.44. The van der Waals surface area contributed by atoms with Crippen molar-refractivity contribution in [2.75, 3.05) is 39.8 Å². The molecule has 3 fully saturated rings. The number of aromatic nitrogens is 2. The second-order valence-corrected chi connectivity index (χ2v) is 8.56. The zero-order chi connectivity index (χ0) is 19.0. The van der Waals surface area contributed by atoms with E-state index >= 15 is 0 Å². The molecule has 0 saturated carbocycles. The van der Waals surface area contributed by atoms with Crippen LogP contribution in [-0.4, -0.2) is 82.3 Å². The van der Waals surface area contributed by atoms with Crippen LogP contribution in [0.3, 0.4) is 0 Å². The summed E-state index contributed by atoms with van der Waals surface area (Å²) in [6.07, 6.45) is 7.82. The number of carbonyl (C=O) groups is 2. The maximum Gasteiger partial charge on any atom is 0.274 e. The molecule has 3 saturated heterocycles. The molecule has 7 heteroatoms. The quantitative estimate of drug-likeness (QED) is 0.785. The average Bonchev–Trinajstić information content (AvgIpc) is 3.11. The monoisotopic (exact) mass is 371 g/mol. The maximum atomic E-state index is 12.7. The zero-order valence-electron chi connectivity index (χ0n) is 16.4. The molecule has 146 valence electrons. The number of likely N-dealkylation sites (N-methyl/N-ethyl adjacent to an activating group) is 1. The lowest BCUT2D eigenvalue weighted by atomic mass is 9.72. The van der Waals surface area contributed by atoms with Crippen LogP contribution in [0.15, 0.2) is 12.4 Å². The lowest BCUT2D eigenvalue weighted by molar-refractivity contribution is -0.141. The lowest BCUT2D eigenvalue weighted by Crippen LogP contribution is -2.55. The van der Waals surface area contributed by atoms with Crippen LogP contribution in [-0.2, 0) is 4.79 Å². The molecule has 3 aliphatic heterocycles. The van der Waals surface area contributed by atoms with Gasteiger partial charge in [-0.3, -0.25) is 14.6 Å². The van der Waals surface area contributed by atoms with Crippen molar-refractivity contribution in [1.29, 1.82) is 0 Å². The summed E-state index contributed by atoms with van der Waals surface area (Å²) in [5.74, 6) is 0.285. The first kappa shape index (κ1) is 18.3. The van der Waals surface area contributed by atoms with Gasteiger partial charge < -0.3 is 14.7 Å². The Morgan fingerprint density at radius 2 is 1.93 bits per heavy atom. The van der Waals surface area contributed by atoms with Crippen LogP contribution in [0.5, 0.6) is 0 Å². The molecular formula is C20H29N5O2. The molecule has 3 aliphatic rings. The Morgan fingerprint density at radius 3 is 2.56 bits per heavy atom. The normalized spacial score (nSPS) is 26.0. The maximum absolute atomic E-state index is 12.7. The third-order valence-electron chi connectivity index (χ3n) is 6.61. The van der Waals surface area contributed by atoms with Crippen molar-refractivity contribution in [2.24, 2.45) is 5.41 Å². The third-order valence-corrected chi connectivity index (χ3v) is 6.61. The molecular weight excluding hydrogens is 342 g/mol. The Morgan fingerprint density at radius 1 is 1.15 bits per heavy atom. The van der Waals surface area contributed by atoms with Crippen molar-refractivity contribution in [3.05, 3.63) is 23.8 Å². The summed E-state index contributed by atoms with van der Waals surface area (Å²) in [5.41, 5.74) is 1.41. The summed E-state index contributed by atoms with van der Waals surface area (Å²) >= 11 is 0. The fourth-order valence-corrected chi connectivity index (χ4v) is 4.80. The Labute approximate surface area is 160 Å². The van der Waals surface area contributed by atoms with Crippen LogP contribution in [0.2, 0.25) is 0 Å². The molecule has 4 rings (SSSR count). The second kappa shape index (κ2) is 7.19. The number of amides is 2. The van der Waals surface area contributed by atoms with Gasteiger partial charge in [-0.2, -0.15) is 0 Å². The van der Waals surface area contributed by atoms with Crippen molar-refractivity contribution >= 4 is 11.8 Å². The molecule has 0 unspecified atom stereocenters. The number of piperidine rings is 2. The fourth-order valence-electron chi connectivity index (χ4n) is 4.80. The van der Waals surface area contributed by atoms with Crippen LogP contribution in [0.25, 0.3) is 0 Å². The van der Waals surface area contributed by atoms with Gasteiger partial charge in [-0.15, -0.1) is 0 Å². The van der Waals surface area contributed by atoms with Gasteiger partial charge >= 0.3 is 0 Å². The van der Waals surface area contributed by atoms with Gasteiger partial charge in [0.2, 0.25) is 5.91 Å². The van der Waals surface area contributed by atoms with E-state index in [1.54, 1.807) is 12.4 Å². The van der Waals surface area contributed by atoms with Gasteiger partial charge in [-0.25, -0.2) is 4.98 Å². The molecule has 27 heavy (non-hydrogen) atoms. The van der Waals surface area contributed by atoms with Crippen molar-refractivity contribution in [2.45, 2.75) is 45.1 Å². The van der Waals surface area contributed by atoms with Crippen LogP contribution in [0, 0.1) is 12.3 Å². The molecule has 0 aromatic carbocycles. The van der Waals surface area contributed by atoms with E-state index in [4.69, 9.17) is 0 Å². The minimum Gasteiger partial charge on any atom is -0.338 e. The molecule has 0 N–H and O–H groups in total. The summed E-state index contributed by atoms with van der Waals surface area (Å²) in [5, 5.41) is 0. The minimum absolute atomic E-state index is 0.0292. The van der Waals surface area contributed by atoms with E-state index in [1.807, 2.05) is 11.8 Å². The first-order valence-corrected chi connectivity index (χ1v) is 10.0. The Hall–Kier alpha value is -2.02. The van der Waals surface area contributed by atoms with Crippen molar-refractivity contribution in [3.8, 4) is 0 Å². The molecule has 0 aliphatic carbocycles. The molecule has 2 amide bonds. The summed E-state index contributed by atoms with van der Waals surface area (Å²) in [6, 6.07) is 0.363. The lowest BCUT2D eigenvalue weighted by Gasteiger charge is -2.48. The summed E-state index contributed by atoms with van der Waals surface area (Å²) in [6.45, 7) is 6.25. The number of hydrogen-bond acceptors (Lipinski definition) is 5. The van der Waals surface area contributed by atoms with Crippen LogP contribution >= 0.6 is 0 Å². The molecule has 0 radical (unpaired) electrons. The van der Waals surface area contributed by atoms with Gasteiger partial charge in [-0.1, -0.05) is 0 Å². The minimum atomic E-state index is -0.0292. The van der Waals surface area contributed by atoms with Crippen molar-refractivity contribution in [3.63, 3.8) is 0 Å². The molecule has 1 spiro atoms. The van der Waals surface area contributed by atoms with E-state index in [1.165, 1.54) is 0 Å². The third kappa shape index (κ3) is 3.70. The van der Waals surface area contributed by atoms with E-state index in [-0.39, 0.29) is 11.3 Å². The highest BCUT2D eigenvalue weighted by molar-refractivity contribution is 5.92. The van der Waals surface area contributed by atoms with Gasteiger partial charge in [0, 0.05) is 44.8 Å². The van der Waals surface area contributed by atoms with Gasteiger partial charge in [0.25, 0.3) is 5.91 Å². The number of aryl methyl sites for hydroxylation is 1. The Balaban J connectivity index is 1.39. The van der Waals surface area contributed by atoms with Gasteiger partial charge in [0.1, 0.15) is 5.69 Å². The zero-order valence-corrected chi connectivity index (χ0v) is 16.4. The van der Waals surface area contributed by atoms with E-state index < -0.39 is 0 Å². The second-order valence-electron chi connectivity index (χ2n) is 8.56. The van der Waals surface area contributed by atoms with Crippen molar-refractivity contribution in [1.82, 2.24) is 24.7 Å². The number of nitrogens with zero attached hydrogens (tertiary/aromatic N) is 5. The molecule has 1 atom stereocenters. The number of likely N-dealkylation sites (tertiary alicyclic amines) is 3. The van der Waals surface area contributed by atoms with Crippen LogP contribution < -0.4 is 0 Å². The highest BCUT2D eigenvalue weighted by atomic mass is 16.2. The van der Waals surface area contributed by atoms with Crippen LogP contribution in [0.4, 0.5) is 0 Å². The van der Waals surface area contributed by atoms with E-state index in [2.05, 4.69) is 26.8 Å². The largest absolute Gasteiger partial charge is 0.338 e. The molecule has 7 nitrogen and oxygen atoms in total. The predicted molar refractivity (Wildman–Crippen MR) is 101 cm³/mol. The number of hydrogen-bond donors (Lipinski definition) is 0. The van der Waals surface area contributed by atoms with Crippen molar-refractivity contribution < 1.29 is 9.59 Å². The highest BCUT2D eigenvalue weighted by Crippen LogP contribution is 2.41. The first-order valence-electron chi connectivity index (χ1n) is 10.0. The van der Waals surface area contributed by atoms with E-state index in [0.29, 0.717) is 24.1 Å². The molecule has 0 bridgehead atoms. The van der Waals surface area contributed by atoms with Crippen LogP contribution in [0.1, 0.15) is 48.3 Å². The molecule has 1 aromatic heterocycles. The van der Waals surface area contributed by atoms with Gasteiger partial charge in [0.05, 0.1) is 11.9 Å². The number of rotatable bonds is 2. The smallest absolute Gasteiger partial charge is 0.274 e. The molecule has 1 aromatic rings. The predicted octanol–water partition coefficient (Wildman–Crippen LogP) is 1.33. The van der Waals surface area contributed by atoms with E-state index in [0.717, 1.165) is 64.1 Å². The Bertz CT molecular complexity index is 712. The van der Waals surface area contributed by atoms with Gasteiger partial charge in [-0.05, 0) is 51.6 Å². The topological polar surface area (TPSA) is 69.6 Å². The fraction of sp³-hybridized carbons (Fsp3) is 0.700. The Kier molecular flexibility index (Phi) is 4.88. The number of carbonyl (C=O) groups excluding carboxylic acids is 2. The average molecular weight is 371 g/mol.